The van der Waals surface area contributed by atoms with E-state index in [-0.39, 0.29) is 25.3 Å². The van der Waals surface area contributed by atoms with Crippen LogP contribution < -0.4 is 5.56 Å². The molecule has 0 aliphatic carbocycles. The van der Waals surface area contributed by atoms with Crippen molar-refractivity contribution in [3.05, 3.63) is 22.1 Å². The summed E-state index contributed by atoms with van der Waals surface area (Å²) in [5.74, 6) is -1.20. The molecule has 0 spiro atoms. The summed E-state index contributed by atoms with van der Waals surface area (Å²) >= 11 is 0. The molecule has 0 amide bonds. The van der Waals surface area contributed by atoms with Gasteiger partial charge in [-0.15, -0.1) is 0 Å². The fourth-order valence-corrected chi connectivity index (χ4v) is 1.22. The van der Waals surface area contributed by atoms with E-state index in [0.717, 1.165) is 0 Å². The number of hydrogen-bond acceptors (Lipinski definition) is 5. The number of rotatable bonds is 5. The first-order valence-corrected chi connectivity index (χ1v) is 5.20. The number of aromatic nitrogens is 2. The largest absolute Gasteiger partial charge is 0.465 e. The summed E-state index contributed by atoms with van der Waals surface area (Å²) in [5.41, 5.74) is -0.719. The van der Waals surface area contributed by atoms with E-state index >= 15 is 0 Å². The zero-order chi connectivity index (χ0) is 12.8. The number of esters is 2. The molecule has 17 heavy (non-hydrogen) atoms. The van der Waals surface area contributed by atoms with Crippen LogP contribution in [0.2, 0.25) is 0 Å². The van der Waals surface area contributed by atoms with Gasteiger partial charge in [-0.05, 0) is 13.8 Å². The van der Waals surface area contributed by atoms with Crippen LogP contribution in [-0.2, 0) is 20.8 Å². The Bertz CT molecular complexity index is 460. The highest BCUT2D eigenvalue weighted by molar-refractivity contribution is 5.88. The van der Waals surface area contributed by atoms with E-state index in [4.69, 9.17) is 4.74 Å². The Morgan fingerprint density at radius 2 is 1.94 bits per heavy atom. The van der Waals surface area contributed by atoms with Crippen LogP contribution in [0.4, 0.5) is 0 Å². The predicted octanol–water partition coefficient (Wildman–Crippen LogP) is -0.0838. The highest BCUT2D eigenvalue weighted by Crippen LogP contribution is 1.95. The molecule has 1 rings (SSSR count). The van der Waals surface area contributed by atoms with Crippen LogP contribution in [0.15, 0.2) is 11.0 Å². The van der Waals surface area contributed by atoms with Crippen LogP contribution in [0.3, 0.4) is 0 Å². The normalized spacial score (nSPS) is 10.0. The molecule has 7 nitrogen and oxygen atoms in total. The standard InChI is InChI=1S/C10H14N2O5/c1-3-16-8(13)6-12-5-7(9(14)11-12)10(15)17-4-2/h5H,3-4,6H2,1-2H3,(H,11,14). The van der Waals surface area contributed by atoms with Crippen molar-refractivity contribution in [2.24, 2.45) is 0 Å². The van der Waals surface area contributed by atoms with Gasteiger partial charge in [0, 0.05) is 6.20 Å². The lowest BCUT2D eigenvalue weighted by Gasteiger charge is -2.01. The average molecular weight is 242 g/mol. The van der Waals surface area contributed by atoms with E-state index in [2.05, 4.69) is 9.84 Å². The van der Waals surface area contributed by atoms with Gasteiger partial charge in [-0.2, -0.15) is 0 Å². The molecule has 0 saturated heterocycles. The lowest BCUT2D eigenvalue weighted by molar-refractivity contribution is -0.144. The Balaban J connectivity index is 2.78. The van der Waals surface area contributed by atoms with Gasteiger partial charge < -0.3 is 9.47 Å². The van der Waals surface area contributed by atoms with Gasteiger partial charge in [-0.25, -0.2) is 4.79 Å². The van der Waals surface area contributed by atoms with Crippen LogP contribution >= 0.6 is 0 Å². The third kappa shape index (κ3) is 3.47. The predicted molar refractivity (Wildman–Crippen MR) is 57.6 cm³/mol. The smallest absolute Gasteiger partial charge is 0.345 e. The molecule has 94 valence electrons. The average Bonchev–Trinajstić information content (AvgIpc) is 2.60. The van der Waals surface area contributed by atoms with Crippen LogP contribution in [-0.4, -0.2) is 34.9 Å². The highest BCUT2D eigenvalue weighted by Gasteiger charge is 2.15. The maximum Gasteiger partial charge on any atom is 0.345 e. The molecule has 0 saturated carbocycles. The fraction of sp³-hybridized carbons (Fsp3) is 0.500. The van der Waals surface area contributed by atoms with Crippen molar-refractivity contribution < 1.29 is 19.1 Å². The minimum absolute atomic E-state index is 0.129. The molecule has 1 N–H and O–H groups in total. The van der Waals surface area contributed by atoms with E-state index < -0.39 is 17.5 Å². The molecule has 1 aromatic heterocycles. The zero-order valence-corrected chi connectivity index (χ0v) is 9.69. The minimum atomic E-state index is -0.712. The second-order valence-corrected chi connectivity index (χ2v) is 3.14. The molecule has 1 heterocycles. The number of H-pyrrole nitrogens is 1. The Hall–Kier alpha value is -2.05. The Labute approximate surface area is 97.3 Å². The Morgan fingerprint density at radius 3 is 2.53 bits per heavy atom. The van der Waals surface area contributed by atoms with Crippen molar-refractivity contribution in [1.82, 2.24) is 9.78 Å². The van der Waals surface area contributed by atoms with Crippen molar-refractivity contribution in [2.45, 2.75) is 20.4 Å². The van der Waals surface area contributed by atoms with Crippen molar-refractivity contribution >= 4 is 11.9 Å². The van der Waals surface area contributed by atoms with Gasteiger partial charge >= 0.3 is 11.9 Å². The third-order valence-electron chi connectivity index (χ3n) is 1.87. The summed E-state index contributed by atoms with van der Waals surface area (Å²) in [7, 11) is 0. The molecule has 7 heteroatoms. The first-order chi connectivity index (χ1) is 8.08. The second kappa shape index (κ2) is 5.88. The minimum Gasteiger partial charge on any atom is -0.465 e. The molecule has 0 bridgehead atoms. The number of ether oxygens (including phenoxy) is 2. The summed E-state index contributed by atoms with van der Waals surface area (Å²) in [4.78, 5) is 33.8. The van der Waals surface area contributed by atoms with Crippen LogP contribution in [0.5, 0.6) is 0 Å². The third-order valence-corrected chi connectivity index (χ3v) is 1.87. The summed E-state index contributed by atoms with van der Waals surface area (Å²) in [6.45, 7) is 3.61. The molecule has 0 unspecified atom stereocenters. The Kier molecular flexibility index (Phi) is 4.50. The molecular formula is C10H14N2O5. The first-order valence-electron chi connectivity index (χ1n) is 5.20. The zero-order valence-electron chi connectivity index (χ0n) is 9.69. The van der Waals surface area contributed by atoms with Gasteiger partial charge in [-0.3, -0.25) is 19.4 Å². The number of hydrogen-bond donors (Lipinski definition) is 1. The monoisotopic (exact) mass is 242 g/mol. The van der Waals surface area contributed by atoms with Gasteiger partial charge in [0.15, 0.2) is 0 Å². The molecule has 0 aliphatic rings. The Morgan fingerprint density at radius 1 is 1.29 bits per heavy atom. The van der Waals surface area contributed by atoms with E-state index in [0.29, 0.717) is 0 Å². The van der Waals surface area contributed by atoms with E-state index in [9.17, 15) is 14.4 Å². The van der Waals surface area contributed by atoms with Gasteiger partial charge in [0.1, 0.15) is 12.1 Å². The van der Waals surface area contributed by atoms with Crippen molar-refractivity contribution in [1.29, 1.82) is 0 Å². The topological polar surface area (TPSA) is 90.4 Å². The van der Waals surface area contributed by atoms with Crippen molar-refractivity contribution in [3.8, 4) is 0 Å². The molecular weight excluding hydrogens is 228 g/mol. The van der Waals surface area contributed by atoms with Gasteiger partial charge in [0.25, 0.3) is 5.56 Å². The van der Waals surface area contributed by atoms with Gasteiger partial charge in [0.2, 0.25) is 0 Å². The SMILES string of the molecule is CCOC(=O)Cn1cc(C(=O)OCC)c(=O)[nH]1. The van der Waals surface area contributed by atoms with E-state index in [1.54, 1.807) is 13.8 Å². The summed E-state index contributed by atoms with van der Waals surface area (Å²) in [6.07, 6.45) is 1.23. The fourth-order valence-electron chi connectivity index (χ4n) is 1.22. The van der Waals surface area contributed by atoms with E-state index in [1.807, 2.05) is 0 Å². The number of aromatic amines is 1. The summed E-state index contributed by atoms with van der Waals surface area (Å²) in [5, 5.41) is 2.33. The number of carbonyl (C=O) groups is 2. The maximum atomic E-state index is 11.4. The lowest BCUT2D eigenvalue weighted by Crippen LogP contribution is -2.16. The van der Waals surface area contributed by atoms with Crippen molar-refractivity contribution in [3.63, 3.8) is 0 Å². The van der Waals surface area contributed by atoms with Crippen LogP contribution in [0.25, 0.3) is 0 Å². The molecule has 0 fully saturated rings. The molecule has 0 radical (unpaired) electrons. The van der Waals surface area contributed by atoms with Crippen molar-refractivity contribution in [2.75, 3.05) is 13.2 Å². The number of nitrogens with one attached hydrogen (secondary N) is 1. The van der Waals surface area contributed by atoms with Gasteiger partial charge in [0.05, 0.1) is 13.2 Å². The van der Waals surface area contributed by atoms with Crippen LogP contribution in [0.1, 0.15) is 24.2 Å². The molecule has 0 aliphatic heterocycles. The lowest BCUT2D eigenvalue weighted by atomic mass is 10.4. The van der Waals surface area contributed by atoms with E-state index in [1.165, 1.54) is 10.9 Å². The maximum absolute atomic E-state index is 11.4. The van der Waals surface area contributed by atoms with Crippen LogP contribution in [0, 0.1) is 0 Å². The molecule has 0 atom stereocenters. The summed E-state index contributed by atoms with van der Waals surface area (Å²) < 4.78 is 10.6. The molecule has 0 aromatic carbocycles. The van der Waals surface area contributed by atoms with Gasteiger partial charge in [-0.1, -0.05) is 0 Å². The second-order valence-electron chi connectivity index (χ2n) is 3.14. The quantitative estimate of drug-likeness (QED) is 0.729. The molecule has 1 aromatic rings. The highest BCUT2D eigenvalue weighted by atomic mass is 16.5. The first kappa shape index (κ1) is 13.0. The number of carbonyl (C=O) groups excluding carboxylic acids is 2. The number of nitrogens with zero attached hydrogens (tertiary/aromatic N) is 1. The summed E-state index contributed by atoms with van der Waals surface area (Å²) in [6, 6.07) is 0.